The molecule has 2 aromatic heterocycles. The van der Waals surface area contributed by atoms with Crippen molar-refractivity contribution in [3.05, 3.63) is 46.0 Å². The second kappa shape index (κ2) is 8.82. The number of nitrogens with zero attached hydrogens (tertiary/aromatic N) is 4. The first kappa shape index (κ1) is 19.7. The Labute approximate surface area is 178 Å². The first-order chi connectivity index (χ1) is 13.7. The summed E-state index contributed by atoms with van der Waals surface area (Å²) in [5, 5.41) is 8.74. The maximum atomic E-state index is 6.40. The van der Waals surface area contributed by atoms with Crippen molar-refractivity contribution in [2.24, 2.45) is 5.92 Å². The standard InChI is InChI=1S/C19H22BBrClN5O/c1-28-20-26-8-6-13(7-9-26)11-23-18-10-17(14-4-2-3-5-16(14)22)25-19-15(21)12-24-27(18)19/h2-5,10,12-13,20,23H,6-9,11H2,1H3. The second-order valence-corrected chi connectivity index (χ2v) is 8.36. The summed E-state index contributed by atoms with van der Waals surface area (Å²) in [4.78, 5) is 7.11. The molecule has 1 saturated heterocycles. The normalized spacial score (nSPS) is 15.8. The Morgan fingerprint density at radius 2 is 2.11 bits per heavy atom. The van der Waals surface area contributed by atoms with E-state index >= 15 is 0 Å². The predicted molar refractivity (Wildman–Crippen MR) is 118 cm³/mol. The van der Waals surface area contributed by atoms with E-state index in [1.807, 2.05) is 34.8 Å². The topological polar surface area (TPSA) is 54.7 Å². The van der Waals surface area contributed by atoms with E-state index in [0.717, 1.165) is 59.7 Å². The van der Waals surface area contributed by atoms with Crippen LogP contribution in [-0.4, -0.2) is 53.8 Å². The zero-order chi connectivity index (χ0) is 19.5. The number of fused-ring (bicyclic) bond motifs is 1. The Balaban J connectivity index is 1.56. The zero-order valence-electron chi connectivity index (χ0n) is 15.7. The maximum Gasteiger partial charge on any atom is 0.363 e. The lowest BCUT2D eigenvalue weighted by Gasteiger charge is -2.31. The summed E-state index contributed by atoms with van der Waals surface area (Å²) in [6, 6.07) is 9.79. The Kier molecular flexibility index (Phi) is 6.21. The van der Waals surface area contributed by atoms with Gasteiger partial charge in [-0.3, -0.25) is 0 Å². The Morgan fingerprint density at radius 3 is 2.86 bits per heavy atom. The van der Waals surface area contributed by atoms with Gasteiger partial charge < -0.3 is 14.8 Å². The van der Waals surface area contributed by atoms with Crippen molar-refractivity contribution in [3.63, 3.8) is 0 Å². The highest BCUT2D eigenvalue weighted by molar-refractivity contribution is 9.10. The molecule has 1 aliphatic rings. The minimum absolute atomic E-state index is 0.624. The Hall–Kier alpha value is -1.61. The summed E-state index contributed by atoms with van der Waals surface area (Å²) in [5.41, 5.74) is 2.52. The average molecular weight is 463 g/mol. The van der Waals surface area contributed by atoms with Crippen molar-refractivity contribution < 1.29 is 4.65 Å². The number of piperidine rings is 1. The van der Waals surface area contributed by atoms with Crippen LogP contribution in [0.25, 0.3) is 16.9 Å². The first-order valence-corrected chi connectivity index (χ1v) is 10.6. The van der Waals surface area contributed by atoms with Crippen LogP contribution >= 0.6 is 27.5 Å². The van der Waals surface area contributed by atoms with Gasteiger partial charge in [0, 0.05) is 30.3 Å². The zero-order valence-corrected chi connectivity index (χ0v) is 18.1. The van der Waals surface area contributed by atoms with E-state index in [0.29, 0.717) is 18.6 Å². The van der Waals surface area contributed by atoms with E-state index in [-0.39, 0.29) is 0 Å². The second-order valence-electron chi connectivity index (χ2n) is 7.09. The monoisotopic (exact) mass is 461 g/mol. The van der Waals surface area contributed by atoms with Gasteiger partial charge in [0.25, 0.3) is 0 Å². The molecule has 0 spiro atoms. The van der Waals surface area contributed by atoms with Gasteiger partial charge in [0.15, 0.2) is 5.65 Å². The molecule has 146 valence electrons. The fourth-order valence-corrected chi connectivity index (χ4v) is 4.20. The minimum atomic E-state index is 0.624. The van der Waals surface area contributed by atoms with Crippen LogP contribution in [0.5, 0.6) is 0 Å². The molecule has 0 aliphatic carbocycles. The molecule has 0 saturated carbocycles. The quantitative estimate of drug-likeness (QED) is 0.564. The highest BCUT2D eigenvalue weighted by atomic mass is 79.9. The maximum absolute atomic E-state index is 6.40. The molecule has 1 fully saturated rings. The molecule has 28 heavy (non-hydrogen) atoms. The lowest BCUT2D eigenvalue weighted by molar-refractivity contribution is 0.253. The van der Waals surface area contributed by atoms with Gasteiger partial charge in [0.2, 0.25) is 0 Å². The lowest BCUT2D eigenvalue weighted by Crippen LogP contribution is -2.38. The van der Waals surface area contributed by atoms with Crippen molar-refractivity contribution in [2.45, 2.75) is 12.8 Å². The van der Waals surface area contributed by atoms with Gasteiger partial charge in [-0.15, -0.1) is 0 Å². The van der Waals surface area contributed by atoms with E-state index in [1.54, 1.807) is 13.3 Å². The summed E-state index contributed by atoms with van der Waals surface area (Å²) in [7, 11) is 2.47. The molecule has 0 amide bonds. The largest absolute Gasteiger partial charge is 0.427 e. The van der Waals surface area contributed by atoms with Gasteiger partial charge in [-0.05, 0) is 53.8 Å². The number of aromatic nitrogens is 3. The summed E-state index contributed by atoms with van der Waals surface area (Å²) in [6.07, 6.45) is 4.09. The molecular formula is C19H22BBrClN5O. The molecule has 0 atom stereocenters. The number of nitrogens with one attached hydrogen (secondary N) is 1. The van der Waals surface area contributed by atoms with Crippen molar-refractivity contribution in [1.82, 2.24) is 19.4 Å². The van der Waals surface area contributed by atoms with Crippen molar-refractivity contribution in [2.75, 3.05) is 32.1 Å². The van der Waals surface area contributed by atoms with Crippen molar-refractivity contribution >= 4 is 46.6 Å². The number of halogens is 2. The minimum Gasteiger partial charge on any atom is -0.427 e. The fraction of sp³-hybridized carbons (Fsp3) is 0.368. The number of anilines is 1. The molecule has 6 nitrogen and oxygen atoms in total. The summed E-state index contributed by atoms with van der Waals surface area (Å²) >= 11 is 9.96. The molecular weight excluding hydrogens is 440 g/mol. The first-order valence-electron chi connectivity index (χ1n) is 9.40. The van der Waals surface area contributed by atoms with Crippen LogP contribution in [0.4, 0.5) is 5.82 Å². The molecule has 3 aromatic rings. The van der Waals surface area contributed by atoms with Crippen molar-refractivity contribution in [3.8, 4) is 11.3 Å². The third kappa shape index (κ3) is 4.20. The third-order valence-corrected chi connectivity index (χ3v) is 6.06. The lowest BCUT2D eigenvalue weighted by atomic mass is 9.93. The van der Waals surface area contributed by atoms with Gasteiger partial charge in [0.1, 0.15) is 5.82 Å². The Bertz CT molecular complexity index is 961. The molecule has 3 heterocycles. The van der Waals surface area contributed by atoms with Gasteiger partial charge >= 0.3 is 7.62 Å². The average Bonchev–Trinajstić information content (AvgIpc) is 3.09. The van der Waals surface area contributed by atoms with Crippen LogP contribution in [0.1, 0.15) is 12.8 Å². The molecule has 1 N–H and O–H groups in total. The van der Waals surface area contributed by atoms with Crippen LogP contribution in [0.3, 0.4) is 0 Å². The van der Waals surface area contributed by atoms with Gasteiger partial charge in [-0.2, -0.15) is 9.61 Å². The van der Waals surface area contributed by atoms with Crippen LogP contribution in [-0.2, 0) is 4.65 Å². The molecule has 1 aliphatic heterocycles. The van der Waals surface area contributed by atoms with E-state index in [1.165, 1.54) is 0 Å². The van der Waals surface area contributed by atoms with Gasteiger partial charge in [-0.1, -0.05) is 29.8 Å². The third-order valence-electron chi connectivity index (χ3n) is 5.17. The molecule has 0 bridgehead atoms. The predicted octanol–water partition coefficient (Wildman–Crippen LogP) is 3.85. The SMILES string of the molecule is COBN1CCC(CNc2cc(-c3ccccc3Cl)nc3c(Br)cnn23)CC1. The van der Waals surface area contributed by atoms with Gasteiger partial charge in [-0.25, -0.2) is 4.98 Å². The number of hydrogen-bond donors (Lipinski definition) is 1. The number of rotatable bonds is 6. The molecule has 0 radical (unpaired) electrons. The van der Waals surface area contributed by atoms with E-state index in [9.17, 15) is 0 Å². The van der Waals surface area contributed by atoms with E-state index in [4.69, 9.17) is 21.2 Å². The van der Waals surface area contributed by atoms with Crippen molar-refractivity contribution in [1.29, 1.82) is 0 Å². The van der Waals surface area contributed by atoms with E-state index < -0.39 is 0 Å². The number of hydrogen-bond acceptors (Lipinski definition) is 5. The summed E-state index contributed by atoms with van der Waals surface area (Å²) in [6.45, 7) is 3.05. The molecule has 1 aromatic carbocycles. The van der Waals surface area contributed by atoms with Crippen LogP contribution in [0, 0.1) is 5.92 Å². The Morgan fingerprint density at radius 1 is 1.32 bits per heavy atom. The smallest absolute Gasteiger partial charge is 0.363 e. The highest BCUT2D eigenvalue weighted by Gasteiger charge is 2.20. The van der Waals surface area contributed by atoms with Crippen LogP contribution < -0.4 is 5.32 Å². The molecule has 9 heteroatoms. The molecule has 4 rings (SSSR count). The van der Waals surface area contributed by atoms with Gasteiger partial charge in [0.05, 0.1) is 16.4 Å². The summed E-state index contributed by atoms with van der Waals surface area (Å²) < 4.78 is 7.93. The number of benzene rings is 1. The van der Waals surface area contributed by atoms with Crippen LogP contribution in [0.15, 0.2) is 41.0 Å². The fourth-order valence-electron chi connectivity index (χ4n) is 3.62. The van der Waals surface area contributed by atoms with E-state index in [2.05, 4.69) is 31.2 Å². The summed E-state index contributed by atoms with van der Waals surface area (Å²) in [5.74, 6) is 1.55. The molecule has 0 unspecified atom stereocenters. The van der Waals surface area contributed by atoms with Crippen LogP contribution in [0.2, 0.25) is 5.02 Å². The highest BCUT2D eigenvalue weighted by Crippen LogP contribution is 2.30.